The summed E-state index contributed by atoms with van der Waals surface area (Å²) < 4.78 is 9.73. The molecule has 0 aliphatic heterocycles. The molecular weight excluding hydrogens is 170 g/mol. The van der Waals surface area contributed by atoms with Crippen molar-refractivity contribution in [1.29, 1.82) is 0 Å². The molecule has 0 aromatic carbocycles. The number of furan rings is 1. The Bertz CT molecular complexity index is 293. The third-order valence-electron chi connectivity index (χ3n) is 1.85. The van der Waals surface area contributed by atoms with Crippen LogP contribution in [0.25, 0.3) is 0 Å². The molecule has 0 aliphatic rings. The normalized spacial score (nSPS) is 12.5. The molecule has 0 amide bonds. The van der Waals surface area contributed by atoms with E-state index in [9.17, 15) is 4.79 Å². The molecule has 4 nitrogen and oxygen atoms in total. The van der Waals surface area contributed by atoms with Crippen molar-refractivity contribution in [1.82, 2.24) is 0 Å². The molecule has 0 aliphatic carbocycles. The first-order valence-corrected chi connectivity index (χ1v) is 4.07. The first kappa shape index (κ1) is 9.80. The standard InChI is InChI=1S/C9H13NO3/c1-6(5-10)7-3-4-8(13-7)9(11)12-2/h3-4,6H,5,10H2,1-2H3. The van der Waals surface area contributed by atoms with Gasteiger partial charge in [-0.2, -0.15) is 0 Å². The van der Waals surface area contributed by atoms with Gasteiger partial charge in [-0.05, 0) is 12.1 Å². The molecule has 1 atom stereocenters. The quantitative estimate of drug-likeness (QED) is 0.713. The minimum absolute atomic E-state index is 0.124. The van der Waals surface area contributed by atoms with Gasteiger partial charge in [0.2, 0.25) is 5.76 Å². The monoisotopic (exact) mass is 183 g/mol. The first-order valence-electron chi connectivity index (χ1n) is 4.07. The summed E-state index contributed by atoms with van der Waals surface area (Å²) in [6, 6.07) is 3.33. The second-order valence-electron chi connectivity index (χ2n) is 2.83. The van der Waals surface area contributed by atoms with Crippen molar-refractivity contribution in [2.75, 3.05) is 13.7 Å². The lowest BCUT2D eigenvalue weighted by molar-refractivity contribution is 0.0562. The van der Waals surface area contributed by atoms with Crippen LogP contribution in [0.4, 0.5) is 0 Å². The highest BCUT2D eigenvalue weighted by Gasteiger charge is 2.13. The number of hydrogen-bond acceptors (Lipinski definition) is 4. The third-order valence-corrected chi connectivity index (χ3v) is 1.85. The molecule has 0 saturated heterocycles. The second kappa shape index (κ2) is 4.09. The maximum Gasteiger partial charge on any atom is 0.373 e. The van der Waals surface area contributed by atoms with Crippen LogP contribution in [0, 0.1) is 0 Å². The summed E-state index contributed by atoms with van der Waals surface area (Å²) in [5.74, 6) is 0.592. The summed E-state index contributed by atoms with van der Waals surface area (Å²) in [5.41, 5.74) is 5.45. The zero-order valence-corrected chi connectivity index (χ0v) is 7.74. The average molecular weight is 183 g/mol. The Labute approximate surface area is 76.7 Å². The van der Waals surface area contributed by atoms with Gasteiger partial charge >= 0.3 is 5.97 Å². The number of hydrogen-bond donors (Lipinski definition) is 1. The van der Waals surface area contributed by atoms with Gasteiger partial charge in [-0.3, -0.25) is 0 Å². The van der Waals surface area contributed by atoms with Crippen LogP contribution in [0.5, 0.6) is 0 Å². The average Bonchev–Trinajstić information content (AvgIpc) is 2.64. The third kappa shape index (κ3) is 2.09. The van der Waals surface area contributed by atoms with Crippen molar-refractivity contribution in [3.05, 3.63) is 23.7 Å². The highest BCUT2D eigenvalue weighted by atomic mass is 16.5. The fourth-order valence-corrected chi connectivity index (χ4v) is 0.944. The molecule has 4 heteroatoms. The fourth-order valence-electron chi connectivity index (χ4n) is 0.944. The van der Waals surface area contributed by atoms with Gasteiger partial charge in [0.15, 0.2) is 0 Å². The molecule has 1 aromatic rings. The summed E-state index contributed by atoms with van der Waals surface area (Å²) in [4.78, 5) is 11.0. The van der Waals surface area contributed by atoms with Crippen LogP contribution < -0.4 is 5.73 Å². The van der Waals surface area contributed by atoms with E-state index in [0.717, 1.165) is 0 Å². The molecule has 1 rings (SSSR count). The van der Waals surface area contributed by atoms with Crippen molar-refractivity contribution in [2.24, 2.45) is 5.73 Å². The van der Waals surface area contributed by atoms with Crippen molar-refractivity contribution in [3.63, 3.8) is 0 Å². The minimum Gasteiger partial charge on any atom is -0.463 e. The lowest BCUT2D eigenvalue weighted by Crippen LogP contribution is -2.08. The number of methoxy groups -OCH3 is 1. The van der Waals surface area contributed by atoms with E-state index in [2.05, 4.69) is 4.74 Å². The van der Waals surface area contributed by atoms with Crippen LogP contribution in [-0.4, -0.2) is 19.6 Å². The molecule has 0 radical (unpaired) electrons. The Balaban J connectivity index is 2.80. The predicted octanol–water partition coefficient (Wildman–Crippen LogP) is 1.13. The Kier molecular flexibility index (Phi) is 3.08. The zero-order chi connectivity index (χ0) is 9.84. The van der Waals surface area contributed by atoms with Gasteiger partial charge in [0, 0.05) is 12.5 Å². The van der Waals surface area contributed by atoms with Gasteiger partial charge in [-0.15, -0.1) is 0 Å². The van der Waals surface area contributed by atoms with Gasteiger partial charge in [0.1, 0.15) is 5.76 Å². The van der Waals surface area contributed by atoms with Crippen molar-refractivity contribution >= 4 is 5.97 Å². The van der Waals surface area contributed by atoms with Crippen LogP contribution in [0.1, 0.15) is 29.2 Å². The van der Waals surface area contributed by atoms with E-state index in [0.29, 0.717) is 12.3 Å². The Morgan fingerprint density at radius 3 is 2.92 bits per heavy atom. The van der Waals surface area contributed by atoms with E-state index in [4.69, 9.17) is 10.2 Å². The molecule has 13 heavy (non-hydrogen) atoms. The first-order chi connectivity index (χ1) is 6.19. The highest BCUT2D eigenvalue weighted by Crippen LogP contribution is 2.17. The van der Waals surface area contributed by atoms with E-state index < -0.39 is 5.97 Å². The van der Waals surface area contributed by atoms with E-state index in [1.807, 2.05) is 6.92 Å². The van der Waals surface area contributed by atoms with Crippen LogP contribution in [-0.2, 0) is 4.74 Å². The molecule has 1 unspecified atom stereocenters. The van der Waals surface area contributed by atoms with Crippen LogP contribution in [0.15, 0.2) is 16.5 Å². The molecule has 0 spiro atoms. The number of rotatable bonds is 3. The molecule has 2 N–H and O–H groups in total. The SMILES string of the molecule is COC(=O)c1ccc(C(C)CN)o1. The molecule has 0 saturated carbocycles. The number of carbonyl (C=O) groups is 1. The molecular formula is C9H13NO3. The summed E-state index contributed by atoms with van der Waals surface area (Å²) in [5, 5.41) is 0. The van der Waals surface area contributed by atoms with E-state index >= 15 is 0 Å². The molecule has 72 valence electrons. The van der Waals surface area contributed by atoms with Crippen molar-refractivity contribution in [3.8, 4) is 0 Å². The minimum atomic E-state index is -0.463. The van der Waals surface area contributed by atoms with E-state index in [1.54, 1.807) is 12.1 Å². The number of carbonyl (C=O) groups excluding carboxylic acids is 1. The van der Waals surface area contributed by atoms with Crippen LogP contribution >= 0.6 is 0 Å². The smallest absolute Gasteiger partial charge is 0.373 e. The molecule has 0 fully saturated rings. The van der Waals surface area contributed by atoms with Crippen LogP contribution in [0.2, 0.25) is 0 Å². The van der Waals surface area contributed by atoms with Gasteiger partial charge in [-0.1, -0.05) is 6.92 Å². The Morgan fingerprint density at radius 1 is 1.69 bits per heavy atom. The molecule has 1 aromatic heterocycles. The summed E-state index contributed by atoms with van der Waals surface area (Å²) in [7, 11) is 1.32. The predicted molar refractivity (Wildman–Crippen MR) is 47.5 cm³/mol. The van der Waals surface area contributed by atoms with E-state index in [1.165, 1.54) is 7.11 Å². The van der Waals surface area contributed by atoms with Gasteiger partial charge in [0.05, 0.1) is 7.11 Å². The van der Waals surface area contributed by atoms with E-state index in [-0.39, 0.29) is 11.7 Å². The second-order valence-corrected chi connectivity index (χ2v) is 2.83. The summed E-state index contributed by atoms with van der Waals surface area (Å²) in [6.07, 6.45) is 0. The van der Waals surface area contributed by atoms with Crippen molar-refractivity contribution in [2.45, 2.75) is 12.8 Å². The fraction of sp³-hybridized carbons (Fsp3) is 0.444. The highest BCUT2D eigenvalue weighted by molar-refractivity contribution is 5.86. The number of ether oxygens (including phenoxy) is 1. The topological polar surface area (TPSA) is 65.5 Å². The maximum absolute atomic E-state index is 11.0. The number of esters is 1. The molecule has 0 bridgehead atoms. The lowest BCUT2D eigenvalue weighted by Gasteiger charge is -2.02. The lowest BCUT2D eigenvalue weighted by atomic mass is 10.1. The van der Waals surface area contributed by atoms with Gasteiger partial charge in [0.25, 0.3) is 0 Å². The zero-order valence-electron chi connectivity index (χ0n) is 7.74. The van der Waals surface area contributed by atoms with Crippen LogP contribution in [0.3, 0.4) is 0 Å². The molecule has 1 heterocycles. The Hall–Kier alpha value is -1.29. The van der Waals surface area contributed by atoms with Gasteiger partial charge in [-0.25, -0.2) is 4.79 Å². The summed E-state index contributed by atoms with van der Waals surface area (Å²) >= 11 is 0. The van der Waals surface area contributed by atoms with Gasteiger partial charge < -0.3 is 14.9 Å². The maximum atomic E-state index is 11.0. The largest absolute Gasteiger partial charge is 0.463 e. The van der Waals surface area contributed by atoms with Crippen molar-refractivity contribution < 1.29 is 13.9 Å². The summed E-state index contributed by atoms with van der Waals surface area (Å²) in [6.45, 7) is 2.42. The number of nitrogens with two attached hydrogens (primary N) is 1. The Morgan fingerprint density at radius 2 is 2.38 bits per heavy atom.